The molecule has 0 aliphatic heterocycles. The number of aryl methyl sites for hydroxylation is 2. The summed E-state index contributed by atoms with van der Waals surface area (Å²) >= 11 is 0. The van der Waals surface area contributed by atoms with Crippen molar-refractivity contribution >= 4 is 0 Å². The third-order valence-corrected chi connectivity index (χ3v) is 9.33. The molecule has 0 nitrogen and oxygen atoms in total. The highest BCUT2D eigenvalue weighted by molar-refractivity contribution is 5.24. The number of rotatable bonds is 32. The van der Waals surface area contributed by atoms with Gasteiger partial charge in [-0.2, -0.15) is 0 Å². The minimum Gasteiger partial charge on any atom is -0.0654 e. The molecule has 1 aromatic rings. The quantitative estimate of drug-likeness (QED) is 0.0759. The molecular weight excluding hydrogens is 492 g/mol. The average Bonchev–Trinajstić information content (AvgIpc) is 2.98. The lowest BCUT2D eigenvalue weighted by atomic mass is 9.95. The molecule has 0 aliphatic rings. The van der Waals surface area contributed by atoms with Gasteiger partial charge in [-0.15, -0.1) is 0 Å². The molecule has 0 amide bonds. The van der Waals surface area contributed by atoms with Crippen LogP contribution in [0.1, 0.15) is 212 Å². The van der Waals surface area contributed by atoms with E-state index in [1.807, 2.05) is 0 Å². The second kappa shape index (κ2) is 30.7. The summed E-state index contributed by atoms with van der Waals surface area (Å²) in [7, 11) is 0. The van der Waals surface area contributed by atoms with Gasteiger partial charge in [-0.25, -0.2) is 0 Å². The monoisotopic (exact) mass is 568 g/mol. The van der Waals surface area contributed by atoms with Crippen LogP contribution in [0.15, 0.2) is 24.3 Å². The van der Waals surface area contributed by atoms with Gasteiger partial charge in [-0.1, -0.05) is 212 Å². The third kappa shape index (κ3) is 26.6. The Bertz CT molecular complexity index is 631. The van der Waals surface area contributed by atoms with E-state index < -0.39 is 0 Å². The second-order valence-electron chi connectivity index (χ2n) is 13.6. The van der Waals surface area contributed by atoms with Crippen LogP contribution in [-0.2, 0) is 12.8 Å². The van der Waals surface area contributed by atoms with Crippen molar-refractivity contribution in [2.75, 3.05) is 0 Å². The highest BCUT2D eigenvalue weighted by Crippen LogP contribution is 2.18. The van der Waals surface area contributed by atoms with Gasteiger partial charge in [0.1, 0.15) is 0 Å². The number of unbranched alkanes of at least 4 members (excludes halogenated alkanes) is 24. The molecule has 41 heavy (non-hydrogen) atoms. The summed E-state index contributed by atoms with van der Waals surface area (Å²) in [6.45, 7) is 6.98. The van der Waals surface area contributed by atoms with Crippen LogP contribution in [0.4, 0.5) is 0 Å². The minimum absolute atomic E-state index is 0.775. The van der Waals surface area contributed by atoms with Crippen LogP contribution in [0.5, 0.6) is 0 Å². The van der Waals surface area contributed by atoms with E-state index >= 15 is 0 Å². The van der Waals surface area contributed by atoms with E-state index in [1.54, 1.807) is 5.56 Å². The summed E-state index contributed by atoms with van der Waals surface area (Å²) in [5.74, 6) is 0.775. The third-order valence-electron chi connectivity index (χ3n) is 9.33. The zero-order valence-electron chi connectivity index (χ0n) is 28.7. The molecule has 0 aromatic heterocycles. The standard InChI is InChI=1S/C41H75/c1-4-6-8-9-10-11-12-13-14-15-16-17-18-19-20-21-22-23-24-25-26-27-28-29-34-40-36-31-37-41(38-40)35-30-33-39(3)32-7-5-2/h31,33,36-39H,4-30,32,34-35H2,1-3H3. The molecule has 0 heteroatoms. The highest BCUT2D eigenvalue weighted by Gasteiger charge is 2.03. The van der Waals surface area contributed by atoms with Crippen LogP contribution in [-0.4, -0.2) is 0 Å². The van der Waals surface area contributed by atoms with Crippen molar-refractivity contribution in [3.05, 3.63) is 41.8 Å². The number of benzene rings is 1. The molecule has 0 fully saturated rings. The van der Waals surface area contributed by atoms with E-state index in [0.717, 1.165) is 5.92 Å². The Morgan fingerprint density at radius 3 is 1.24 bits per heavy atom. The molecular formula is C41H75. The Kier molecular flexibility index (Phi) is 28.6. The van der Waals surface area contributed by atoms with Gasteiger partial charge in [0.05, 0.1) is 0 Å². The van der Waals surface area contributed by atoms with Crippen LogP contribution in [0.25, 0.3) is 0 Å². The van der Waals surface area contributed by atoms with Crippen molar-refractivity contribution in [2.24, 2.45) is 5.92 Å². The van der Waals surface area contributed by atoms with Crippen LogP contribution in [0.3, 0.4) is 0 Å². The average molecular weight is 568 g/mol. The van der Waals surface area contributed by atoms with Crippen molar-refractivity contribution in [1.82, 2.24) is 0 Å². The van der Waals surface area contributed by atoms with Crippen LogP contribution < -0.4 is 0 Å². The Morgan fingerprint density at radius 2 is 0.829 bits per heavy atom. The lowest BCUT2D eigenvalue weighted by Crippen LogP contribution is -1.97. The smallest absolute Gasteiger partial charge is 0.0276 e. The maximum Gasteiger partial charge on any atom is -0.0276 e. The normalized spacial score (nSPS) is 12.3. The summed E-state index contributed by atoms with van der Waals surface area (Å²) in [5, 5.41) is 0. The second-order valence-corrected chi connectivity index (χ2v) is 13.6. The molecule has 1 aromatic carbocycles. The van der Waals surface area contributed by atoms with Gasteiger partial charge in [-0.05, 0) is 49.1 Å². The van der Waals surface area contributed by atoms with Gasteiger partial charge in [-0.3, -0.25) is 0 Å². The Morgan fingerprint density at radius 1 is 0.463 bits per heavy atom. The molecule has 1 rings (SSSR count). The fourth-order valence-electron chi connectivity index (χ4n) is 6.41. The maximum absolute atomic E-state index is 2.55. The van der Waals surface area contributed by atoms with E-state index in [0.29, 0.717) is 0 Å². The first-order chi connectivity index (χ1) is 20.3. The van der Waals surface area contributed by atoms with Crippen molar-refractivity contribution in [3.63, 3.8) is 0 Å². The first-order valence-electron chi connectivity index (χ1n) is 19.2. The van der Waals surface area contributed by atoms with E-state index in [-0.39, 0.29) is 0 Å². The summed E-state index contributed by atoms with van der Waals surface area (Å²) in [6.07, 6.45) is 45.4. The van der Waals surface area contributed by atoms with Gasteiger partial charge < -0.3 is 0 Å². The van der Waals surface area contributed by atoms with E-state index in [2.05, 4.69) is 51.5 Å². The van der Waals surface area contributed by atoms with Gasteiger partial charge in [0.15, 0.2) is 0 Å². The molecule has 0 N–H and O–H groups in total. The van der Waals surface area contributed by atoms with Crippen LogP contribution in [0, 0.1) is 12.3 Å². The van der Waals surface area contributed by atoms with E-state index in [4.69, 9.17) is 0 Å². The molecule has 0 saturated heterocycles. The van der Waals surface area contributed by atoms with E-state index in [9.17, 15) is 0 Å². The Balaban J connectivity index is 1.80. The Hall–Kier alpha value is -0.780. The van der Waals surface area contributed by atoms with Gasteiger partial charge >= 0.3 is 0 Å². The lowest BCUT2D eigenvalue weighted by molar-refractivity contribution is 0.517. The molecule has 1 radical (unpaired) electrons. The summed E-state index contributed by atoms with van der Waals surface area (Å²) in [5.41, 5.74) is 3.09. The summed E-state index contributed by atoms with van der Waals surface area (Å²) in [4.78, 5) is 0. The zero-order chi connectivity index (χ0) is 29.5. The molecule has 0 spiro atoms. The van der Waals surface area contributed by atoms with Crippen LogP contribution >= 0.6 is 0 Å². The molecule has 239 valence electrons. The molecule has 1 atom stereocenters. The Labute approximate surface area is 260 Å². The lowest BCUT2D eigenvalue weighted by Gasteiger charge is -2.10. The van der Waals surface area contributed by atoms with E-state index in [1.165, 1.54) is 198 Å². The SMILES string of the molecule is CCCCCCCCCCCCCCCCCCCCCCCCCCc1cccc(CC[CH]C(C)CCCC)c1. The molecule has 0 aliphatic carbocycles. The van der Waals surface area contributed by atoms with Crippen molar-refractivity contribution < 1.29 is 0 Å². The fourth-order valence-corrected chi connectivity index (χ4v) is 6.41. The maximum atomic E-state index is 2.55. The number of hydrogen-bond donors (Lipinski definition) is 0. The van der Waals surface area contributed by atoms with Gasteiger partial charge in [0.25, 0.3) is 0 Å². The predicted molar refractivity (Wildman–Crippen MR) is 188 cm³/mol. The molecule has 0 heterocycles. The first-order valence-corrected chi connectivity index (χ1v) is 19.2. The molecule has 0 bridgehead atoms. The molecule has 0 saturated carbocycles. The first kappa shape index (κ1) is 38.2. The minimum atomic E-state index is 0.775. The zero-order valence-corrected chi connectivity index (χ0v) is 28.7. The topological polar surface area (TPSA) is 0 Å². The number of hydrogen-bond acceptors (Lipinski definition) is 0. The fraction of sp³-hybridized carbons (Fsp3) is 0.829. The van der Waals surface area contributed by atoms with Crippen LogP contribution in [0.2, 0.25) is 0 Å². The van der Waals surface area contributed by atoms with Gasteiger partial charge in [0.2, 0.25) is 0 Å². The highest BCUT2D eigenvalue weighted by atomic mass is 14.1. The predicted octanol–water partition coefficient (Wildman–Crippen LogP) is 14.6. The summed E-state index contributed by atoms with van der Waals surface area (Å²) < 4.78 is 0. The van der Waals surface area contributed by atoms with Crippen molar-refractivity contribution in [2.45, 2.75) is 213 Å². The largest absolute Gasteiger partial charge is 0.0654 e. The van der Waals surface area contributed by atoms with Gasteiger partial charge in [0, 0.05) is 0 Å². The van der Waals surface area contributed by atoms with Crippen molar-refractivity contribution in [3.8, 4) is 0 Å². The summed E-state index contributed by atoms with van der Waals surface area (Å²) in [6, 6.07) is 9.43. The molecule has 1 unspecified atom stereocenters. The van der Waals surface area contributed by atoms with Crippen molar-refractivity contribution in [1.29, 1.82) is 0 Å².